The van der Waals surface area contributed by atoms with Crippen molar-refractivity contribution in [2.45, 2.75) is 6.54 Å². The van der Waals surface area contributed by atoms with Crippen LogP contribution < -0.4 is 10.9 Å². The summed E-state index contributed by atoms with van der Waals surface area (Å²) >= 11 is 0. The Balaban J connectivity index is 2.02. The lowest BCUT2D eigenvalue weighted by molar-refractivity contribution is 0.388. The number of anilines is 1. The van der Waals surface area contributed by atoms with E-state index in [9.17, 15) is 4.79 Å². The van der Waals surface area contributed by atoms with E-state index in [2.05, 4.69) is 20.4 Å². The molecule has 14 heavy (non-hydrogen) atoms. The maximum atomic E-state index is 10.9. The highest BCUT2D eigenvalue weighted by molar-refractivity contribution is 5.31. The van der Waals surface area contributed by atoms with E-state index < -0.39 is 0 Å². The molecular weight excluding hydrogens is 184 g/mol. The highest BCUT2D eigenvalue weighted by Crippen LogP contribution is 2.01. The molecule has 2 N–H and O–H groups in total. The van der Waals surface area contributed by atoms with Crippen molar-refractivity contribution in [3.63, 3.8) is 0 Å². The first-order chi connectivity index (χ1) is 6.84. The minimum Gasteiger partial charge on any atom is -0.362 e. The van der Waals surface area contributed by atoms with Gasteiger partial charge in [-0.1, -0.05) is 5.16 Å². The molecule has 0 amide bonds. The lowest BCUT2D eigenvalue weighted by Gasteiger charge is -2.00. The molecule has 0 unspecified atom stereocenters. The monoisotopic (exact) mass is 192 g/mol. The van der Waals surface area contributed by atoms with Crippen molar-refractivity contribution in [1.82, 2.24) is 15.1 Å². The smallest absolute Gasteiger partial charge is 0.252 e. The fourth-order valence-corrected chi connectivity index (χ4v) is 0.976. The van der Waals surface area contributed by atoms with Gasteiger partial charge in [-0.05, 0) is 0 Å². The van der Waals surface area contributed by atoms with Gasteiger partial charge < -0.3 is 14.8 Å². The van der Waals surface area contributed by atoms with Crippen LogP contribution in [0, 0.1) is 0 Å². The molecule has 6 heteroatoms. The van der Waals surface area contributed by atoms with Crippen LogP contribution in [0.25, 0.3) is 0 Å². The molecule has 0 bridgehead atoms. The van der Waals surface area contributed by atoms with E-state index in [4.69, 9.17) is 4.52 Å². The molecule has 0 spiro atoms. The lowest BCUT2D eigenvalue weighted by Crippen LogP contribution is -2.08. The Labute approximate surface area is 79.0 Å². The number of nitrogens with zero attached hydrogens (tertiary/aromatic N) is 2. The van der Waals surface area contributed by atoms with Gasteiger partial charge in [-0.25, -0.2) is 4.98 Å². The van der Waals surface area contributed by atoms with E-state index in [1.54, 1.807) is 12.3 Å². The number of hydrogen-bond acceptors (Lipinski definition) is 5. The van der Waals surface area contributed by atoms with Crippen LogP contribution in [0.2, 0.25) is 0 Å². The van der Waals surface area contributed by atoms with Gasteiger partial charge in [0.15, 0.2) is 5.76 Å². The van der Waals surface area contributed by atoms with Gasteiger partial charge in [-0.15, -0.1) is 0 Å². The number of aromatic amines is 1. The molecule has 0 aliphatic carbocycles. The molecule has 2 aromatic heterocycles. The maximum Gasteiger partial charge on any atom is 0.252 e. The molecule has 2 aromatic rings. The van der Waals surface area contributed by atoms with Crippen LogP contribution in [0.3, 0.4) is 0 Å². The van der Waals surface area contributed by atoms with Crippen molar-refractivity contribution in [3.8, 4) is 0 Å². The molecule has 0 aromatic carbocycles. The summed E-state index contributed by atoms with van der Waals surface area (Å²) in [5, 5.41) is 6.47. The first-order valence-corrected chi connectivity index (χ1v) is 4.03. The van der Waals surface area contributed by atoms with E-state index in [-0.39, 0.29) is 5.56 Å². The van der Waals surface area contributed by atoms with Crippen LogP contribution in [0.15, 0.2) is 34.0 Å². The van der Waals surface area contributed by atoms with Gasteiger partial charge in [-0.2, -0.15) is 0 Å². The van der Waals surface area contributed by atoms with Crippen LogP contribution in [0.1, 0.15) is 5.76 Å². The first-order valence-electron chi connectivity index (χ1n) is 4.03. The van der Waals surface area contributed by atoms with Crippen molar-refractivity contribution >= 4 is 5.82 Å². The number of hydrogen-bond donors (Lipinski definition) is 2. The van der Waals surface area contributed by atoms with E-state index in [1.165, 1.54) is 12.4 Å². The summed E-state index contributed by atoms with van der Waals surface area (Å²) in [6.45, 7) is 0.455. The van der Waals surface area contributed by atoms with Crippen LogP contribution in [0.4, 0.5) is 5.82 Å². The molecule has 0 aliphatic heterocycles. The molecule has 72 valence electrons. The second-order valence-electron chi connectivity index (χ2n) is 2.63. The van der Waals surface area contributed by atoms with Gasteiger partial charge >= 0.3 is 0 Å². The molecule has 2 heterocycles. The summed E-state index contributed by atoms with van der Waals surface area (Å²) in [6, 6.07) is 3.11. The van der Waals surface area contributed by atoms with Crippen LogP contribution in [-0.4, -0.2) is 15.1 Å². The molecule has 0 fully saturated rings. The summed E-state index contributed by atoms with van der Waals surface area (Å²) in [7, 11) is 0. The van der Waals surface area contributed by atoms with Gasteiger partial charge in [0.25, 0.3) is 5.56 Å². The third kappa shape index (κ3) is 1.98. The molecule has 0 radical (unpaired) electrons. The predicted molar refractivity (Wildman–Crippen MR) is 48.7 cm³/mol. The second kappa shape index (κ2) is 3.73. The largest absolute Gasteiger partial charge is 0.362 e. The maximum absolute atomic E-state index is 10.9. The Hall–Kier alpha value is -2.11. The Morgan fingerprint density at radius 3 is 3.21 bits per heavy atom. The van der Waals surface area contributed by atoms with E-state index in [1.807, 2.05) is 0 Å². The van der Waals surface area contributed by atoms with E-state index in [0.29, 0.717) is 18.1 Å². The Bertz CT molecular complexity index is 448. The lowest BCUT2D eigenvalue weighted by atomic mass is 10.4. The number of H-pyrrole nitrogens is 1. The molecule has 0 atom stereocenters. The second-order valence-corrected chi connectivity index (χ2v) is 2.63. The molecular formula is C8H8N4O2. The third-order valence-electron chi connectivity index (χ3n) is 1.61. The zero-order valence-electron chi connectivity index (χ0n) is 7.23. The highest BCUT2D eigenvalue weighted by atomic mass is 16.5. The van der Waals surface area contributed by atoms with Gasteiger partial charge in [0.2, 0.25) is 0 Å². The quantitative estimate of drug-likeness (QED) is 0.734. The fraction of sp³-hybridized carbons (Fsp3) is 0.125. The van der Waals surface area contributed by atoms with Crippen molar-refractivity contribution < 1.29 is 4.52 Å². The van der Waals surface area contributed by atoms with Crippen molar-refractivity contribution in [3.05, 3.63) is 40.8 Å². The number of nitrogens with one attached hydrogen (secondary N) is 2. The van der Waals surface area contributed by atoms with Crippen LogP contribution in [0.5, 0.6) is 0 Å². The Kier molecular flexibility index (Phi) is 2.26. The average Bonchev–Trinajstić information content (AvgIpc) is 2.67. The SMILES string of the molecule is O=c1cc(NCc2ccno2)nc[nH]1. The Morgan fingerprint density at radius 2 is 2.50 bits per heavy atom. The molecule has 6 nitrogen and oxygen atoms in total. The summed E-state index contributed by atoms with van der Waals surface area (Å²) in [4.78, 5) is 17.2. The molecule has 0 aliphatic rings. The van der Waals surface area contributed by atoms with Crippen molar-refractivity contribution in [1.29, 1.82) is 0 Å². The number of aromatic nitrogens is 3. The van der Waals surface area contributed by atoms with Crippen molar-refractivity contribution in [2.75, 3.05) is 5.32 Å². The summed E-state index contributed by atoms with van der Waals surface area (Å²) < 4.78 is 4.86. The zero-order valence-corrected chi connectivity index (χ0v) is 7.23. The standard InChI is InChI=1S/C8H8N4O2/c13-8-3-7(10-5-11-8)9-4-6-1-2-12-14-6/h1-3,5H,4H2,(H2,9,10,11,13). The molecule has 0 saturated carbocycles. The first kappa shape index (κ1) is 8.49. The highest BCUT2D eigenvalue weighted by Gasteiger charge is 1.97. The van der Waals surface area contributed by atoms with Gasteiger partial charge in [0.1, 0.15) is 5.82 Å². The minimum atomic E-state index is -0.194. The fourth-order valence-electron chi connectivity index (χ4n) is 0.976. The summed E-state index contributed by atoms with van der Waals surface area (Å²) in [6.07, 6.45) is 2.90. The predicted octanol–water partition coefficient (Wildman–Crippen LogP) is 0.370. The van der Waals surface area contributed by atoms with Crippen LogP contribution >= 0.6 is 0 Å². The van der Waals surface area contributed by atoms with Gasteiger partial charge in [-0.3, -0.25) is 4.79 Å². The normalized spacial score (nSPS) is 10.0. The zero-order chi connectivity index (χ0) is 9.80. The Morgan fingerprint density at radius 1 is 1.57 bits per heavy atom. The topological polar surface area (TPSA) is 83.8 Å². The molecule has 2 rings (SSSR count). The van der Waals surface area contributed by atoms with Gasteiger partial charge in [0, 0.05) is 12.1 Å². The van der Waals surface area contributed by atoms with Gasteiger partial charge in [0.05, 0.1) is 19.1 Å². The van der Waals surface area contributed by atoms with E-state index >= 15 is 0 Å². The van der Waals surface area contributed by atoms with Crippen molar-refractivity contribution in [2.24, 2.45) is 0 Å². The van der Waals surface area contributed by atoms with E-state index in [0.717, 1.165) is 0 Å². The minimum absolute atomic E-state index is 0.194. The average molecular weight is 192 g/mol. The summed E-state index contributed by atoms with van der Waals surface area (Å²) in [5.41, 5.74) is -0.194. The van der Waals surface area contributed by atoms with Crippen LogP contribution in [-0.2, 0) is 6.54 Å². The molecule has 0 saturated heterocycles. The summed E-state index contributed by atoms with van der Waals surface area (Å²) in [5.74, 6) is 1.19. The third-order valence-corrected chi connectivity index (χ3v) is 1.61. The number of rotatable bonds is 3.